The fourth-order valence-electron chi connectivity index (χ4n) is 3.32. The highest BCUT2D eigenvalue weighted by atomic mass is 19.1. The summed E-state index contributed by atoms with van der Waals surface area (Å²) in [5.74, 6) is 1.01. The average Bonchev–Trinajstić information content (AvgIpc) is 3.11. The summed E-state index contributed by atoms with van der Waals surface area (Å²) in [4.78, 5) is 8.16. The van der Waals surface area contributed by atoms with Crippen molar-refractivity contribution in [2.75, 3.05) is 7.11 Å². The predicted octanol–water partition coefficient (Wildman–Crippen LogP) is 6.01. The van der Waals surface area contributed by atoms with Gasteiger partial charge in [0.1, 0.15) is 17.4 Å². The Labute approximate surface area is 172 Å². The molecule has 5 heteroatoms. The van der Waals surface area contributed by atoms with Gasteiger partial charge in [-0.1, -0.05) is 39.8 Å². The van der Waals surface area contributed by atoms with Crippen LogP contribution in [-0.2, 0) is 5.54 Å². The molecule has 4 nitrogen and oxygen atoms in total. The van der Waals surface area contributed by atoms with E-state index in [2.05, 4.69) is 4.98 Å². The molecule has 0 bridgehead atoms. The molecule has 3 aromatic rings. The summed E-state index contributed by atoms with van der Waals surface area (Å²) >= 11 is 0. The Morgan fingerprint density at radius 1 is 1.14 bits per heavy atom. The third kappa shape index (κ3) is 4.00. The molecular weight excluding hydrogens is 365 g/mol. The average molecular weight is 396 g/mol. The molecule has 154 valence electrons. The molecule has 0 aliphatic carbocycles. The lowest BCUT2D eigenvalue weighted by atomic mass is 9.86. The van der Waals surface area contributed by atoms with Gasteiger partial charge < -0.3 is 15.5 Å². The van der Waals surface area contributed by atoms with Crippen LogP contribution in [0.3, 0.4) is 0 Å². The van der Waals surface area contributed by atoms with Gasteiger partial charge in [-0.25, -0.2) is 4.39 Å². The van der Waals surface area contributed by atoms with Gasteiger partial charge >= 0.3 is 0 Å². The van der Waals surface area contributed by atoms with Crippen LogP contribution >= 0.6 is 0 Å². The number of aromatic nitrogens is 1. The summed E-state index contributed by atoms with van der Waals surface area (Å²) in [6, 6.07) is 13.1. The van der Waals surface area contributed by atoms with Crippen LogP contribution in [0.5, 0.6) is 5.75 Å². The van der Waals surface area contributed by atoms with Crippen LogP contribution in [0.1, 0.15) is 46.6 Å². The highest BCUT2D eigenvalue weighted by Gasteiger charge is 2.30. The highest BCUT2D eigenvalue weighted by Crippen LogP contribution is 2.36. The maximum atomic E-state index is 14.9. The zero-order valence-electron chi connectivity index (χ0n) is 18.1. The van der Waals surface area contributed by atoms with E-state index >= 15 is 0 Å². The minimum absolute atomic E-state index is 0.280. The number of benzene rings is 2. The van der Waals surface area contributed by atoms with E-state index in [0.29, 0.717) is 17.8 Å². The molecule has 1 aromatic heterocycles. The molecular formula is C24H30FN3O. The first-order valence-electron chi connectivity index (χ1n) is 9.91. The van der Waals surface area contributed by atoms with Gasteiger partial charge in [-0.2, -0.15) is 0 Å². The number of halogens is 1. The number of aliphatic imine (C=N–C) groups is 1. The van der Waals surface area contributed by atoms with E-state index < -0.39 is 5.54 Å². The quantitative estimate of drug-likeness (QED) is 0.410. The van der Waals surface area contributed by atoms with Gasteiger partial charge in [-0.15, -0.1) is 0 Å². The summed E-state index contributed by atoms with van der Waals surface area (Å²) in [6.07, 6.45) is 0.630. The second-order valence-corrected chi connectivity index (χ2v) is 8.68. The first kappa shape index (κ1) is 20.9. The summed E-state index contributed by atoms with van der Waals surface area (Å²) in [7, 11) is 1.65. The fraction of sp³-hybridized carbons (Fsp3) is 0.375. The number of ether oxygens (including phenoxy) is 1. The minimum atomic E-state index is -0.749. The SMILES string of the molecule is CC[C@](C)(N=C(N)C(C)(C)C)c1cc(-c2cc3cccc(OC)c3[nH]2)ccc1F. The number of methoxy groups -OCH3 is 1. The van der Waals surface area contributed by atoms with Gasteiger partial charge in [0.2, 0.25) is 0 Å². The number of nitrogens with zero attached hydrogens (tertiary/aromatic N) is 1. The number of hydrogen-bond acceptors (Lipinski definition) is 2. The number of fused-ring (bicyclic) bond motifs is 1. The highest BCUT2D eigenvalue weighted by molar-refractivity contribution is 5.90. The first-order valence-corrected chi connectivity index (χ1v) is 9.91. The number of nitrogens with two attached hydrogens (primary N) is 1. The maximum absolute atomic E-state index is 14.9. The Morgan fingerprint density at radius 3 is 2.48 bits per heavy atom. The van der Waals surface area contributed by atoms with Crippen LogP contribution < -0.4 is 10.5 Å². The van der Waals surface area contributed by atoms with Crippen molar-refractivity contribution >= 4 is 16.7 Å². The Bertz CT molecular complexity index is 1060. The lowest BCUT2D eigenvalue weighted by molar-refractivity contribution is 0.419. The Balaban J connectivity index is 2.13. The van der Waals surface area contributed by atoms with Crippen molar-refractivity contribution in [2.24, 2.45) is 16.1 Å². The van der Waals surface area contributed by atoms with E-state index in [0.717, 1.165) is 27.9 Å². The maximum Gasteiger partial charge on any atom is 0.142 e. The Kier molecular flexibility index (Phi) is 5.44. The minimum Gasteiger partial charge on any atom is -0.495 e. The van der Waals surface area contributed by atoms with Crippen molar-refractivity contribution < 1.29 is 9.13 Å². The summed E-state index contributed by atoms with van der Waals surface area (Å²) in [6.45, 7) is 9.95. The van der Waals surface area contributed by atoms with Gasteiger partial charge in [0.15, 0.2) is 0 Å². The third-order valence-electron chi connectivity index (χ3n) is 5.52. The Morgan fingerprint density at radius 2 is 1.86 bits per heavy atom. The van der Waals surface area contributed by atoms with Gasteiger partial charge in [0.05, 0.1) is 18.2 Å². The first-order chi connectivity index (χ1) is 13.6. The lowest BCUT2D eigenvalue weighted by Crippen LogP contribution is -2.33. The monoisotopic (exact) mass is 395 g/mol. The fourth-order valence-corrected chi connectivity index (χ4v) is 3.32. The molecule has 1 heterocycles. The second kappa shape index (κ2) is 7.54. The van der Waals surface area contributed by atoms with Crippen LogP contribution in [0.15, 0.2) is 47.5 Å². The van der Waals surface area contributed by atoms with Gasteiger partial charge in [-0.3, -0.25) is 4.99 Å². The van der Waals surface area contributed by atoms with Crippen LogP contribution in [-0.4, -0.2) is 17.9 Å². The molecule has 0 radical (unpaired) electrons. The molecule has 3 rings (SSSR count). The van der Waals surface area contributed by atoms with Crippen LogP contribution in [0, 0.1) is 11.2 Å². The van der Waals surface area contributed by atoms with Crippen molar-refractivity contribution in [2.45, 2.75) is 46.6 Å². The molecule has 0 saturated carbocycles. The largest absolute Gasteiger partial charge is 0.495 e. The van der Waals surface area contributed by atoms with E-state index in [-0.39, 0.29) is 11.2 Å². The second-order valence-electron chi connectivity index (χ2n) is 8.68. The van der Waals surface area contributed by atoms with E-state index in [4.69, 9.17) is 15.5 Å². The number of H-pyrrole nitrogens is 1. The predicted molar refractivity (Wildman–Crippen MR) is 119 cm³/mol. The van der Waals surface area contributed by atoms with Crippen molar-refractivity contribution in [1.82, 2.24) is 4.98 Å². The van der Waals surface area contributed by atoms with Gasteiger partial charge in [-0.05, 0) is 49.2 Å². The molecule has 29 heavy (non-hydrogen) atoms. The molecule has 0 aliphatic heterocycles. The van der Waals surface area contributed by atoms with E-state index in [9.17, 15) is 4.39 Å². The number of nitrogens with one attached hydrogen (secondary N) is 1. The Hall–Kier alpha value is -2.82. The van der Waals surface area contributed by atoms with Crippen LogP contribution in [0.2, 0.25) is 0 Å². The number of aromatic amines is 1. The topological polar surface area (TPSA) is 63.4 Å². The molecule has 0 aliphatic rings. The van der Waals surface area contributed by atoms with Gasteiger partial charge in [0.25, 0.3) is 0 Å². The van der Waals surface area contributed by atoms with E-state index in [1.807, 2.05) is 65.0 Å². The molecule has 2 aromatic carbocycles. The zero-order chi connectivity index (χ0) is 21.4. The number of rotatable bonds is 5. The normalized spacial score (nSPS) is 14.8. The van der Waals surface area contributed by atoms with Crippen molar-refractivity contribution in [3.8, 4) is 17.0 Å². The van der Waals surface area contributed by atoms with E-state index in [1.54, 1.807) is 13.2 Å². The molecule has 3 N–H and O–H groups in total. The summed E-state index contributed by atoms with van der Waals surface area (Å²) in [5, 5.41) is 1.04. The number of amidine groups is 1. The molecule has 0 unspecified atom stereocenters. The molecule has 0 spiro atoms. The van der Waals surface area contributed by atoms with Gasteiger partial charge in [0, 0.05) is 22.1 Å². The number of hydrogen-bond donors (Lipinski definition) is 2. The summed E-state index contributed by atoms with van der Waals surface area (Å²) in [5.41, 5.74) is 8.46. The third-order valence-corrected chi connectivity index (χ3v) is 5.52. The van der Waals surface area contributed by atoms with E-state index in [1.165, 1.54) is 6.07 Å². The lowest BCUT2D eigenvalue weighted by Gasteiger charge is -2.29. The standard InChI is InChI=1S/C24H30FN3O/c1-7-24(5,28-22(26)23(2,3)4)17-13-15(11-12-18(17)25)19-14-16-9-8-10-20(29-6)21(16)27-19/h8-14,27H,7H2,1-6H3,(H2,26,28)/t24-/m0/s1. The molecule has 0 fully saturated rings. The summed E-state index contributed by atoms with van der Waals surface area (Å²) < 4.78 is 20.3. The smallest absolute Gasteiger partial charge is 0.142 e. The zero-order valence-corrected chi connectivity index (χ0v) is 18.1. The molecule has 1 atom stereocenters. The van der Waals surface area contributed by atoms with Crippen molar-refractivity contribution in [3.05, 3.63) is 53.8 Å². The molecule has 0 amide bonds. The van der Waals surface area contributed by atoms with Crippen LogP contribution in [0.4, 0.5) is 4.39 Å². The van der Waals surface area contributed by atoms with Crippen molar-refractivity contribution in [1.29, 1.82) is 0 Å². The van der Waals surface area contributed by atoms with Crippen LogP contribution in [0.25, 0.3) is 22.2 Å². The molecule has 0 saturated heterocycles. The number of para-hydroxylation sites is 1. The van der Waals surface area contributed by atoms with Crippen molar-refractivity contribution in [3.63, 3.8) is 0 Å².